The van der Waals surface area contributed by atoms with E-state index in [0.717, 1.165) is 11.1 Å². The van der Waals surface area contributed by atoms with Crippen LogP contribution in [-0.4, -0.2) is 18.1 Å². The highest BCUT2D eigenvalue weighted by Crippen LogP contribution is 2.32. The average Bonchev–Trinajstić information content (AvgIpc) is 3.17. The molecule has 0 unspecified atom stereocenters. The van der Waals surface area contributed by atoms with E-state index in [2.05, 4.69) is 4.98 Å². The van der Waals surface area contributed by atoms with Crippen molar-refractivity contribution in [3.8, 4) is 22.8 Å². The zero-order chi connectivity index (χ0) is 15.5. The van der Waals surface area contributed by atoms with E-state index < -0.39 is 0 Å². The van der Waals surface area contributed by atoms with Gasteiger partial charge in [-0.25, -0.2) is 4.98 Å². The molecule has 2 heterocycles. The van der Waals surface area contributed by atoms with Gasteiger partial charge in [0.2, 0.25) is 5.89 Å². The van der Waals surface area contributed by atoms with Gasteiger partial charge in [-0.2, -0.15) is 11.3 Å². The lowest BCUT2D eigenvalue weighted by Crippen LogP contribution is -2.05. The minimum atomic E-state index is -0.354. The Labute approximate surface area is 136 Å². The summed E-state index contributed by atoms with van der Waals surface area (Å²) in [5, 5.41) is 4.54. The summed E-state index contributed by atoms with van der Waals surface area (Å²) in [6.45, 7) is 0. The molecule has 22 heavy (non-hydrogen) atoms. The van der Waals surface area contributed by atoms with Crippen LogP contribution in [-0.2, 0) is 16.0 Å². The van der Waals surface area contributed by atoms with Gasteiger partial charge >= 0.3 is 5.97 Å². The molecule has 0 spiro atoms. The minimum Gasteiger partial charge on any atom is -0.469 e. The first kappa shape index (κ1) is 14.8. The zero-order valence-electron chi connectivity index (χ0n) is 11.7. The van der Waals surface area contributed by atoms with Gasteiger partial charge in [0.05, 0.1) is 19.2 Å². The quantitative estimate of drug-likeness (QED) is 0.662. The van der Waals surface area contributed by atoms with Crippen LogP contribution in [0, 0.1) is 0 Å². The number of aromatic nitrogens is 1. The van der Waals surface area contributed by atoms with Crippen LogP contribution >= 0.6 is 22.9 Å². The molecule has 3 aromatic rings. The molecule has 0 atom stereocenters. The molecule has 6 heteroatoms. The Kier molecular flexibility index (Phi) is 4.27. The highest BCUT2D eigenvalue weighted by atomic mass is 35.5. The third-order valence-electron chi connectivity index (χ3n) is 3.11. The molecule has 112 valence electrons. The predicted octanol–water partition coefficient (Wildman–Crippen LogP) is 4.44. The number of nitrogens with zero attached hydrogens (tertiary/aromatic N) is 1. The Balaban J connectivity index is 2.04. The van der Waals surface area contributed by atoms with E-state index >= 15 is 0 Å². The van der Waals surface area contributed by atoms with E-state index in [1.165, 1.54) is 7.11 Å². The molecule has 0 aliphatic rings. The SMILES string of the molecule is COC(=O)Cc1nc(-c2ccc(Cl)cc2)oc1-c1ccsc1. The Bertz CT molecular complexity index is 778. The average molecular weight is 334 g/mol. The number of carbonyl (C=O) groups is 1. The first-order valence-electron chi connectivity index (χ1n) is 6.52. The van der Waals surface area contributed by atoms with E-state index in [4.69, 9.17) is 20.8 Å². The largest absolute Gasteiger partial charge is 0.469 e. The van der Waals surface area contributed by atoms with Gasteiger partial charge < -0.3 is 9.15 Å². The smallest absolute Gasteiger partial charge is 0.311 e. The number of benzene rings is 1. The van der Waals surface area contributed by atoms with Crippen molar-refractivity contribution in [2.75, 3.05) is 7.11 Å². The van der Waals surface area contributed by atoms with Gasteiger partial charge in [0.1, 0.15) is 0 Å². The van der Waals surface area contributed by atoms with Crippen molar-refractivity contribution in [3.05, 3.63) is 51.8 Å². The number of methoxy groups -OCH3 is 1. The maximum Gasteiger partial charge on any atom is 0.311 e. The number of oxazole rings is 1. The van der Waals surface area contributed by atoms with Crippen LogP contribution in [0.3, 0.4) is 0 Å². The number of hydrogen-bond donors (Lipinski definition) is 0. The highest BCUT2D eigenvalue weighted by molar-refractivity contribution is 7.08. The maximum absolute atomic E-state index is 11.6. The Morgan fingerprint density at radius 1 is 1.27 bits per heavy atom. The number of carbonyl (C=O) groups excluding carboxylic acids is 1. The van der Waals surface area contributed by atoms with Gasteiger partial charge in [-0.15, -0.1) is 0 Å². The Hall–Kier alpha value is -2.11. The summed E-state index contributed by atoms with van der Waals surface area (Å²) in [6, 6.07) is 9.12. The first-order chi connectivity index (χ1) is 10.7. The van der Waals surface area contributed by atoms with Gasteiger partial charge in [-0.05, 0) is 35.7 Å². The van der Waals surface area contributed by atoms with Crippen molar-refractivity contribution in [3.63, 3.8) is 0 Å². The summed E-state index contributed by atoms with van der Waals surface area (Å²) in [4.78, 5) is 16.0. The summed E-state index contributed by atoms with van der Waals surface area (Å²) in [6.07, 6.45) is 0.0682. The standard InChI is InChI=1S/C16H12ClNO3S/c1-20-14(19)8-13-15(11-6-7-22-9-11)21-16(18-13)10-2-4-12(17)5-3-10/h2-7,9H,8H2,1H3. The van der Waals surface area contributed by atoms with Gasteiger partial charge in [0.25, 0.3) is 0 Å². The predicted molar refractivity (Wildman–Crippen MR) is 86.0 cm³/mol. The van der Waals surface area contributed by atoms with Crippen molar-refractivity contribution < 1.29 is 13.9 Å². The number of thiophene rings is 1. The van der Waals surface area contributed by atoms with Crippen molar-refractivity contribution in [1.29, 1.82) is 0 Å². The molecule has 0 N–H and O–H groups in total. The first-order valence-corrected chi connectivity index (χ1v) is 7.84. The second-order valence-corrected chi connectivity index (χ2v) is 5.78. The summed E-state index contributed by atoms with van der Waals surface area (Å²) >= 11 is 7.45. The summed E-state index contributed by atoms with van der Waals surface area (Å²) in [5.41, 5.74) is 2.27. The van der Waals surface area contributed by atoms with Gasteiger partial charge in [-0.1, -0.05) is 11.6 Å². The lowest BCUT2D eigenvalue weighted by molar-refractivity contribution is -0.139. The molecular formula is C16H12ClNO3S. The van der Waals surface area contributed by atoms with Crippen LogP contribution in [0.4, 0.5) is 0 Å². The molecule has 0 fully saturated rings. The summed E-state index contributed by atoms with van der Waals surface area (Å²) < 4.78 is 10.6. The molecule has 0 aliphatic carbocycles. The molecule has 0 aliphatic heterocycles. The van der Waals surface area contributed by atoms with E-state index in [9.17, 15) is 4.79 Å². The van der Waals surface area contributed by atoms with Crippen LogP contribution in [0.2, 0.25) is 5.02 Å². The number of esters is 1. The molecule has 0 amide bonds. The van der Waals surface area contributed by atoms with Crippen LogP contribution in [0.5, 0.6) is 0 Å². The van der Waals surface area contributed by atoms with Crippen molar-refractivity contribution >= 4 is 28.9 Å². The number of halogens is 1. The van der Waals surface area contributed by atoms with E-state index in [-0.39, 0.29) is 12.4 Å². The fraction of sp³-hybridized carbons (Fsp3) is 0.125. The van der Waals surface area contributed by atoms with E-state index in [0.29, 0.717) is 22.4 Å². The molecule has 0 radical (unpaired) electrons. The summed E-state index contributed by atoms with van der Waals surface area (Å²) in [5.74, 6) is 0.695. The number of ether oxygens (including phenoxy) is 1. The number of rotatable bonds is 4. The van der Waals surface area contributed by atoms with Crippen LogP contribution < -0.4 is 0 Å². The van der Waals surface area contributed by atoms with Gasteiger partial charge in [0.15, 0.2) is 5.76 Å². The third kappa shape index (κ3) is 3.05. The second-order valence-electron chi connectivity index (χ2n) is 4.57. The van der Waals surface area contributed by atoms with Crippen molar-refractivity contribution in [1.82, 2.24) is 4.98 Å². The molecule has 0 bridgehead atoms. The Morgan fingerprint density at radius 2 is 2.05 bits per heavy atom. The maximum atomic E-state index is 11.6. The summed E-state index contributed by atoms with van der Waals surface area (Å²) in [7, 11) is 1.35. The number of hydrogen-bond acceptors (Lipinski definition) is 5. The lowest BCUT2D eigenvalue weighted by Gasteiger charge is -1.97. The van der Waals surface area contributed by atoms with E-state index in [1.54, 1.807) is 23.5 Å². The topological polar surface area (TPSA) is 52.3 Å². The van der Waals surface area contributed by atoms with Crippen LogP contribution in [0.25, 0.3) is 22.8 Å². The fourth-order valence-electron chi connectivity index (χ4n) is 2.02. The fourth-order valence-corrected chi connectivity index (χ4v) is 2.78. The van der Waals surface area contributed by atoms with E-state index in [1.807, 2.05) is 29.0 Å². The monoisotopic (exact) mass is 333 g/mol. The van der Waals surface area contributed by atoms with Crippen LogP contribution in [0.1, 0.15) is 5.69 Å². The molecule has 1 aromatic carbocycles. The second kappa shape index (κ2) is 6.34. The normalized spacial score (nSPS) is 10.6. The zero-order valence-corrected chi connectivity index (χ0v) is 13.3. The van der Waals surface area contributed by atoms with Gasteiger partial charge in [-0.3, -0.25) is 4.79 Å². The molecular weight excluding hydrogens is 322 g/mol. The molecule has 3 rings (SSSR count). The third-order valence-corrected chi connectivity index (χ3v) is 4.05. The molecule has 0 saturated carbocycles. The lowest BCUT2D eigenvalue weighted by atomic mass is 10.2. The minimum absolute atomic E-state index is 0.0682. The molecule has 4 nitrogen and oxygen atoms in total. The van der Waals surface area contributed by atoms with Gasteiger partial charge in [0, 0.05) is 21.5 Å². The Morgan fingerprint density at radius 3 is 2.68 bits per heavy atom. The molecule has 0 saturated heterocycles. The van der Waals surface area contributed by atoms with Crippen LogP contribution in [0.15, 0.2) is 45.5 Å². The van der Waals surface area contributed by atoms with Crippen molar-refractivity contribution in [2.24, 2.45) is 0 Å². The van der Waals surface area contributed by atoms with Crippen molar-refractivity contribution in [2.45, 2.75) is 6.42 Å². The highest BCUT2D eigenvalue weighted by Gasteiger charge is 2.19. The molecule has 2 aromatic heterocycles.